The minimum atomic E-state index is -0.738. The summed E-state index contributed by atoms with van der Waals surface area (Å²) < 4.78 is 10.1. The predicted molar refractivity (Wildman–Crippen MR) is 117 cm³/mol. The van der Waals surface area contributed by atoms with Crippen molar-refractivity contribution in [3.05, 3.63) is 29.8 Å². The van der Waals surface area contributed by atoms with Gasteiger partial charge in [0.05, 0.1) is 9.47 Å². The van der Waals surface area contributed by atoms with E-state index in [2.05, 4.69) is 28.2 Å². The molecule has 0 aliphatic heterocycles. The third-order valence-electron chi connectivity index (χ3n) is 3.52. The largest absolute Gasteiger partial charge is 0.492 e. The molecule has 1 aromatic carbocycles. The lowest BCUT2D eigenvalue weighted by molar-refractivity contribution is -0.138. The number of ether oxygens (including phenoxy) is 1. The van der Waals surface area contributed by atoms with E-state index in [4.69, 9.17) is 9.26 Å². The van der Waals surface area contributed by atoms with Crippen LogP contribution >= 0.6 is 38.7 Å². The molecule has 0 saturated heterocycles. The van der Waals surface area contributed by atoms with Crippen molar-refractivity contribution in [3.8, 4) is 5.75 Å². The van der Waals surface area contributed by atoms with Gasteiger partial charge in [-0.2, -0.15) is 0 Å². The predicted octanol–water partition coefficient (Wildman–Crippen LogP) is 2.50. The second-order valence-corrected chi connectivity index (χ2v) is 8.95. The Morgan fingerprint density at radius 2 is 1.92 bits per heavy atom. The summed E-state index contributed by atoms with van der Waals surface area (Å²) >= 11 is 1.53. The van der Waals surface area contributed by atoms with Crippen LogP contribution in [0, 0.1) is 0 Å². The summed E-state index contributed by atoms with van der Waals surface area (Å²) in [4.78, 5) is 24.3. The zero-order valence-corrected chi connectivity index (χ0v) is 19.3. The SMILES string of the molecule is CC(C)(CC(=O)NC(Cc1ccc(OCCNP)cc1)C(=O)OP)SP. The molecule has 6 nitrogen and oxygen atoms in total. The van der Waals surface area contributed by atoms with Crippen LogP contribution in [0.2, 0.25) is 0 Å². The Labute approximate surface area is 166 Å². The number of carbonyl (C=O) groups excluding carboxylic acids is 2. The molecule has 0 radical (unpaired) electrons. The van der Waals surface area contributed by atoms with Crippen LogP contribution in [0.1, 0.15) is 25.8 Å². The van der Waals surface area contributed by atoms with E-state index in [0.717, 1.165) is 17.9 Å². The van der Waals surface area contributed by atoms with E-state index in [-0.39, 0.29) is 10.7 Å². The van der Waals surface area contributed by atoms with Gasteiger partial charge in [0.15, 0.2) is 0 Å². The fourth-order valence-corrected chi connectivity index (χ4v) is 2.88. The summed E-state index contributed by atoms with van der Waals surface area (Å²) in [7, 11) is 6.92. The van der Waals surface area contributed by atoms with Crippen LogP contribution in [0.15, 0.2) is 24.3 Å². The smallest absolute Gasteiger partial charge is 0.331 e. The number of benzene rings is 1. The van der Waals surface area contributed by atoms with Gasteiger partial charge in [-0.1, -0.05) is 30.0 Å². The first-order valence-electron chi connectivity index (χ1n) is 8.04. The van der Waals surface area contributed by atoms with Crippen molar-refractivity contribution < 1.29 is 18.8 Å². The first-order valence-corrected chi connectivity index (χ1v) is 11.4. The molecule has 0 aliphatic rings. The fourth-order valence-electron chi connectivity index (χ4n) is 2.13. The molecule has 1 aromatic rings. The minimum absolute atomic E-state index is 0.185. The molecule has 10 heteroatoms. The van der Waals surface area contributed by atoms with Crippen molar-refractivity contribution in [1.29, 1.82) is 0 Å². The Morgan fingerprint density at radius 1 is 1.27 bits per heavy atom. The van der Waals surface area contributed by atoms with Crippen LogP contribution in [0.3, 0.4) is 0 Å². The van der Waals surface area contributed by atoms with Crippen LogP contribution < -0.4 is 15.1 Å². The van der Waals surface area contributed by atoms with Gasteiger partial charge < -0.3 is 14.6 Å². The van der Waals surface area contributed by atoms with Gasteiger partial charge in [0.2, 0.25) is 5.91 Å². The Bertz CT molecular complexity index is 587. The average molecular weight is 436 g/mol. The Hall–Kier alpha value is -0.440. The molecule has 4 unspecified atom stereocenters. The van der Waals surface area contributed by atoms with E-state index in [1.807, 2.05) is 47.6 Å². The standard InChI is InChI=1S/C16H27N2O4P3S/c1-16(2,26-25)10-14(19)18-13(15(20)22-24)9-11-3-5-12(6-4-11)21-8-7-17-23/h3-6,13,17H,7-10,23-25H2,1-2H3,(H,18,19). The van der Waals surface area contributed by atoms with Crippen molar-refractivity contribution in [2.75, 3.05) is 13.2 Å². The topological polar surface area (TPSA) is 76.7 Å². The number of carbonyl (C=O) groups is 2. The Balaban J connectivity index is 2.69. The first-order chi connectivity index (χ1) is 12.3. The van der Waals surface area contributed by atoms with E-state index in [0.29, 0.717) is 19.4 Å². The zero-order chi connectivity index (χ0) is 19.6. The maximum absolute atomic E-state index is 12.3. The third-order valence-corrected chi connectivity index (χ3v) is 6.74. The normalized spacial score (nSPS) is 12.3. The minimum Gasteiger partial charge on any atom is -0.492 e. The van der Waals surface area contributed by atoms with Gasteiger partial charge in [-0.25, -0.2) is 4.79 Å². The summed E-state index contributed by atoms with van der Waals surface area (Å²) in [5.74, 6) is 0.0733. The molecule has 26 heavy (non-hydrogen) atoms. The monoisotopic (exact) mass is 436 g/mol. The van der Waals surface area contributed by atoms with Gasteiger partial charge in [-0.3, -0.25) is 9.88 Å². The van der Waals surface area contributed by atoms with E-state index in [1.54, 1.807) is 0 Å². The molecule has 4 atom stereocenters. The Morgan fingerprint density at radius 3 is 2.46 bits per heavy atom. The molecule has 0 aliphatic carbocycles. The zero-order valence-electron chi connectivity index (χ0n) is 15.0. The highest BCUT2D eigenvalue weighted by Crippen LogP contribution is 2.33. The molecule has 0 aromatic heterocycles. The molecular weight excluding hydrogens is 409 g/mol. The fraction of sp³-hybridized carbons (Fsp3) is 0.500. The maximum atomic E-state index is 12.3. The first kappa shape index (κ1) is 23.6. The van der Waals surface area contributed by atoms with E-state index >= 15 is 0 Å². The van der Waals surface area contributed by atoms with Gasteiger partial charge in [0, 0.05) is 24.1 Å². The average Bonchev–Trinajstić information content (AvgIpc) is 2.61. The quantitative estimate of drug-likeness (QED) is 0.410. The number of hydrogen-bond donors (Lipinski definition) is 2. The van der Waals surface area contributed by atoms with Gasteiger partial charge in [0.1, 0.15) is 18.4 Å². The van der Waals surface area contributed by atoms with Crippen molar-refractivity contribution in [2.24, 2.45) is 0 Å². The molecule has 1 amide bonds. The van der Waals surface area contributed by atoms with Crippen LogP contribution in [0.4, 0.5) is 0 Å². The van der Waals surface area contributed by atoms with Crippen molar-refractivity contribution >= 4 is 50.6 Å². The molecule has 0 heterocycles. The van der Waals surface area contributed by atoms with E-state index in [9.17, 15) is 9.59 Å². The maximum Gasteiger partial charge on any atom is 0.331 e. The van der Waals surface area contributed by atoms with Crippen molar-refractivity contribution in [2.45, 2.75) is 37.5 Å². The second-order valence-electron chi connectivity index (χ2n) is 6.26. The van der Waals surface area contributed by atoms with Crippen molar-refractivity contribution in [3.63, 3.8) is 0 Å². The van der Waals surface area contributed by atoms with Gasteiger partial charge in [-0.15, -0.1) is 11.4 Å². The summed E-state index contributed by atoms with van der Waals surface area (Å²) in [5, 5.41) is 5.70. The van der Waals surface area contributed by atoms with E-state index < -0.39 is 12.0 Å². The molecule has 2 N–H and O–H groups in total. The molecule has 146 valence electrons. The summed E-state index contributed by atoms with van der Waals surface area (Å²) in [6, 6.07) is 6.70. The third kappa shape index (κ3) is 8.97. The highest BCUT2D eigenvalue weighted by molar-refractivity contribution is 8.44. The molecule has 0 spiro atoms. The lowest BCUT2D eigenvalue weighted by Gasteiger charge is -2.23. The van der Waals surface area contributed by atoms with Crippen LogP contribution in [0.5, 0.6) is 5.75 Å². The van der Waals surface area contributed by atoms with Gasteiger partial charge >= 0.3 is 5.97 Å². The Kier molecular flexibility index (Phi) is 11.0. The van der Waals surface area contributed by atoms with Gasteiger partial charge in [-0.05, 0) is 31.5 Å². The molecule has 0 fully saturated rings. The second kappa shape index (κ2) is 12.1. The van der Waals surface area contributed by atoms with Crippen LogP contribution in [0.25, 0.3) is 0 Å². The highest BCUT2D eigenvalue weighted by Gasteiger charge is 2.26. The van der Waals surface area contributed by atoms with Gasteiger partial charge in [0.25, 0.3) is 0 Å². The lowest BCUT2D eigenvalue weighted by Crippen LogP contribution is -2.44. The molecular formula is C16H27N2O4P3S. The van der Waals surface area contributed by atoms with Crippen molar-refractivity contribution in [1.82, 2.24) is 10.4 Å². The number of hydrogen-bond acceptors (Lipinski definition) is 6. The summed E-state index contributed by atoms with van der Waals surface area (Å²) in [6.07, 6.45) is 0.652. The summed E-state index contributed by atoms with van der Waals surface area (Å²) in [5.41, 5.74) is 0.905. The number of amides is 1. The van der Waals surface area contributed by atoms with Crippen LogP contribution in [-0.2, 0) is 20.5 Å². The summed E-state index contributed by atoms with van der Waals surface area (Å²) in [6.45, 7) is 5.23. The molecule has 1 rings (SSSR count). The molecule has 0 saturated carbocycles. The van der Waals surface area contributed by atoms with Crippen LogP contribution in [-0.4, -0.2) is 35.8 Å². The molecule has 0 bridgehead atoms. The number of rotatable bonds is 11. The van der Waals surface area contributed by atoms with E-state index in [1.165, 1.54) is 11.4 Å². The highest BCUT2D eigenvalue weighted by atomic mass is 32.7. The lowest BCUT2D eigenvalue weighted by atomic mass is 10.0. The number of nitrogens with one attached hydrogen (secondary N) is 2.